The maximum atomic E-state index is 12.3. The number of carbonyl (C=O) groups excluding carboxylic acids is 1. The smallest absolute Gasteiger partial charge is 0.433 e. The summed E-state index contributed by atoms with van der Waals surface area (Å²) in [6.07, 6.45) is -1.26. The van der Waals surface area contributed by atoms with E-state index in [2.05, 4.69) is 14.7 Å². The van der Waals surface area contributed by atoms with E-state index in [1.807, 2.05) is 0 Å². The number of ether oxygens (including phenoxy) is 2. The van der Waals surface area contributed by atoms with E-state index in [1.165, 1.54) is 13.2 Å². The van der Waals surface area contributed by atoms with Gasteiger partial charge in [-0.15, -0.1) is 0 Å². The van der Waals surface area contributed by atoms with E-state index in [1.54, 1.807) is 0 Å². The van der Waals surface area contributed by atoms with Crippen molar-refractivity contribution in [3.8, 4) is 6.01 Å². The Morgan fingerprint density at radius 3 is 2.83 bits per heavy atom. The first-order valence-corrected chi connectivity index (χ1v) is 4.71. The van der Waals surface area contributed by atoms with E-state index in [0.29, 0.717) is 0 Å². The van der Waals surface area contributed by atoms with Crippen LogP contribution in [0.25, 0.3) is 0 Å². The van der Waals surface area contributed by atoms with Gasteiger partial charge in [0, 0.05) is 12.3 Å². The maximum Gasteiger partial charge on any atom is 0.433 e. The van der Waals surface area contributed by atoms with Crippen LogP contribution >= 0.6 is 0 Å². The molecule has 0 aliphatic rings. The zero-order chi connectivity index (χ0) is 13.6. The van der Waals surface area contributed by atoms with Crippen LogP contribution in [0.4, 0.5) is 13.2 Å². The molecule has 0 bridgehead atoms. The number of halogens is 3. The summed E-state index contributed by atoms with van der Waals surface area (Å²) in [6.45, 7) is -0.142. The lowest BCUT2D eigenvalue weighted by Gasteiger charge is -2.06. The first kappa shape index (κ1) is 13.9. The fraction of sp³-hybridized carbons (Fsp3) is 0.300. The lowest BCUT2D eigenvalue weighted by atomic mass is 10.4. The van der Waals surface area contributed by atoms with Gasteiger partial charge in [-0.05, 0) is 12.1 Å². The number of hydrogen-bond donors (Lipinski definition) is 0. The fourth-order valence-electron chi connectivity index (χ4n) is 0.903. The molecule has 5 nitrogen and oxygen atoms in total. The number of esters is 1. The third kappa shape index (κ3) is 4.40. The highest BCUT2D eigenvalue weighted by Crippen LogP contribution is 2.27. The summed E-state index contributed by atoms with van der Waals surface area (Å²) < 4.78 is 46.0. The Bertz CT molecular complexity index is 446. The second-order valence-corrected chi connectivity index (χ2v) is 2.96. The number of alkyl halides is 3. The molecule has 18 heavy (non-hydrogen) atoms. The van der Waals surface area contributed by atoms with Crippen molar-refractivity contribution in [1.29, 1.82) is 0 Å². The van der Waals surface area contributed by atoms with Crippen molar-refractivity contribution in [1.82, 2.24) is 9.97 Å². The number of carbonyl (C=O) groups is 1. The predicted molar refractivity (Wildman–Crippen MR) is 53.7 cm³/mol. The first-order chi connectivity index (χ1) is 8.43. The van der Waals surface area contributed by atoms with Crippen molar-refractivity contribution in [3.05, 3.63) is 30.1 Å². The Kier molecular flexibility index (Phi) is 4.64. The van der Waals surface area contributed by atoms with Gasteiger partial charge in [-0.3, -0.25) is 0 Å². The van der Waals surface area contributed by atoms with E-state index in [0.717, 1.165) is 18.3 Å². The lowest BCUT2D eigenvalue weighted by Crippen LogP contribution is -2.10. The zero-order valence-corrected chi connectivity index (χ0v) is 9.27. The molecule has 0 aliphatic carbocycles. The van der Waals surface area contributed by atoms with Gasteiger partial charge in [-0.2, -0.15) is 18.2 Å². The molecule has 0 aromatic carbocycles. The molecule has 0 aliphatic heterocycles. The largest absolute Gasteiger partial charge is 0.466 e. The number of aromatic nitrogens is 2. The van der Waals surface area contributed by atoms with E-state index in [4.69, 9.17) is 4.74 Å². The molecule has 0 N–H and O–H groups in total. The lowest BCUT2D eigenvalue weighted by molar-refractivity contribution is -0.141. The van der Waals surface area contributed by atoms with E-state index >= 15 is 0 Å². The van der Waals surface area contributed by atoms with Crippen molar-refractivity contribution in [2.75, 3.05) is 13.7 Å². The third-order valence-electron chi connectivity index (χ3n) is 1.69. The quantitative estimate of drug-likeness (QED) is 0.609. The molecular formula is C10H9F3N2O3. The standard InChI is InChI=1S/C10H9F3N2O3/c1-17-8(16)3-2-6-18-9-14-5-4-7(15-9)10(11,12)13/h2-5H,6H2,1H3/b3-2+. The first-order valence-electron chi connectivity index (χ1n) is 4.71. The van der Waals surface area contributed by atoms with Gasteiger partial charge >= 0.3 is 18.2 Å². The van der Waals surface area contributed by atoms with Crippen molar-refractivity contribution < 1.29 is 27.4 Å². The molecule has 0 saturated carbocycles. The molecule has 0 radical (unpaired) electrons. The predicted octanol–water partition coefficient (Wildman–Crippen LogP) is 1.60. The van der Waals surface area contributed by atoms with Gasteiger partial charge in [0.2, 0.25) is 0 Å². The van der Waals surface area contributed by atoms with Crippen LogP contribution in [0.15, 0.2) is 24.4 Å². The van der Waals surface area contributed by atoms with Crippen molar-refractivity contribution in [2.45, 2.75) is 6.18 Å². The average molecular weight is 262 g/mol. The topological polar surface area (TPSA) is 61.3 Å². The Morgan fingerprint density at radius 1 is 1.50 bits per heavy atom. The van der Waals surface area contributed by atoms with Crippen LogP contribution in [0.3, 0.4) is 0 Å². The SMILES string of the molecule is COC(=O)/C=C/COc1nccc(C(F)(F)F)n1. The summed E-state index contributed by atoms with van der Waals surface area (Å²) in [5.74, 6) is -0.594. The Morgan fingerprint density at radius 2 is 2.22 bits per heavy atom. The van der Waals surface area contributed by atoms with Gasteiger partial charge in [-0.1, -0.05) is 0 Å². The van der Waals surface area contributed by atoms with Crippen molar-refractivity contribution in [3.63, 3.8) is 0 Å². The molecule has 0 saturated heterocycles. The van der Waals surface area contributed by atoms with Crippen molar-refractivity contribution >= 4 is 5.97 Å². The molecule has 1 rings (SSSR count). The highest BCUT2D eigenvalue weighted by Gasteiger charge is 2.32. The van der Waals surface area contributed by atoms with E-state index in [-0.39, 0.29) is 6.61 Å². The third-order valence-corrected chi connectivity index (χ3v) is 1.69. The van der Waals surface area contributed by atoms with Crippen LogP contribution in [0.1, 0.15) is 5.69 Å². The number of methoxy groups -OCH3 is 1. The molecule has 0 unspecified atom stereocenters. The summed E-state index contributed by atoms with van der Waals surface area (Å²) >= 11 is 0. The van der Waals surface area contributed by atoms with Gasteiger partial charge in [0.1, 0.15) is 6.61 Å². The second-order valence-electron chi connectivity index (χ2n) is 2.96. The maximum absolute atomic E-state index is 12.3. The van der Waals surface area contributed by atoms with Gasteiger partial charge in [0.05, 0.1) is 7.11 Å². The minimum absolute atomic E-state index is 0.142. The van der Waals surface area contributed by atoms with Gasteiger partial charge < -0.3 is 9.47 Å². The van der Waals surface area contributed by atoms with Gasteiger partial charge in [0.25, 0.3) is 0 Å². The van der Waals surface area contributed by atoms with Crippen LogP contribution in [0, 0.1) is 0 Å². The monoisotopic (exact) mass is 262 g/mol. The highest BCUT2D eigenvalue weighted by molar-refractivity contribution is 5.81. The molecule has 1 aromatic rings. The summed E-state index contributed by atoms with van der Waals surface area (Å²) in [6, 6.07) is 0.316. The van der Waals surface area contributed by atoms with Crippen LogP contribution in [-0.2, 0) is 15.7 Å². The molecule has 8 heteroatoms. The van der Waals surface area contributed by atoms with Crippen LogP contribution < -0.4 is 4.74 Å². The second kappa shape index (κ2) is 5.99. The molecular weight excluding hydrogens is 253 g/mol. The van der Waals surface area contributed by atoms with Crippen molar-refractivity contribution in [2.24, 2.45) is 0 Å². The molecule has 0 atom stereocenters. The minimum Gasteiger partial charge on any atom is -0.466 e. The number of rotatable bonds is 4. The van der Waals surface area contributed by atoms with Crippen LogP contribution in [0.5, 0.6) is 6.01 Å². The molecule has 1 aromatic heterocycles. The average Bonchev–Trinajstić information content (AvgIpc) is 2.33. The Hall–Kier alpha value is -2.12. The number of nitrogens with zero attached hydrogens (tertiary/aromatic N) is 2. The summed E-state index contributed by atoms with van der Waals surface area (Å²) in [5, 5.41) is 0. The molecule has 0 amide bonds. The summed E-state index contributed by atoms with van der Waals surface area (Å²) in [5.41, 5.74) is -1.09. The highest BCUT2D eigenvalue weighted by atomic mass is 19.4. The fourth-order valence-corrected chi connectivity index (χ4v) is 0.903. The van der Waals surface area contributed by atoms with Crippen LogP contribution in [0.2, 0.25) is 0 Å². The number of hydrogen-bond acceptors (Lipinski definition) is 5. The minimum atomic E-state index is -4.55. The Balaban J connectivity index is 2.58. The van der Waals surface area contributed by atoms with E-state index in [9.17, 15) is 18.0 Å². The molecule has 1 heterocycles. The molecule has 0 fully saturated rings. The van der Waals surface area contributed by atoms with Gasteiger partial charge in [-0.25, -0.2) is 9.78 Å². The molecule has 98 valence electrons. The van der Waals surface area contributed by atoms with Crippen LogP contribution in [-0.4, -0.2) is 29.7 Å². The van der Waals surface area contributed by atoms with E-state index < -0.39 is 23.8 Å². The summed E-state index contributed by atoms with van der Waals surface area (Å²) in [7, 11) is 1.20. The molecule has 0 spiro atoms. The van der Waals surface area contributed by atoms with Gasteiger partial charge in [0.15, 0.2) is 5.69 Å². The zero-order valence-electron chi connectivity index (χ0n) is 9.27. The summed E-state index contributed by atoms with van der Waals surface area (Å²) in [4.78, 5) is 17.3. The Labute approximate surface area is 100 Å². The normalized spacial score (nSPS) is 11.6.